The van der Waals surface area contributed by atoms with E-state index in [1.807, 2.05) is 20.8 Å². The molecule has 1 atom stereocenters. The highest BCUT2D eigenvalue weighted by Gasteiger charge is 2.27. The van der Waals surface area contributed by atoms with E-state index in [4.69, 9.17) is 5.73 Å². The molecule has 0 amide bonds. The van der Waals surface area contributed by atoms with Gasteiger partial charge in [0, 0.05) is 10.9 Å². The molecule has 0 aromatic heterocycles. The Balaban J connectivity index is 2.85. The smallest absolute Gasteiger partial charge is 0.154 e. The molecule has 0 saturated heterocycles. The van der Waals surface area contributed by atoms with Crippen LogP contribution in [0.5, 0.6) is 0 Å². The molecule has 0 heterocycles. The van der Waals surface area contributed by atoms with Gasteiger partial charge in [0.2, 0.25) is 0 Å². The van der Waals surface area contributed by atoms with Gasteiger partial charge in [-0.1, -0.05) is 36.7 Å². The van der Waals surface area contributed by atoms with Crippen LogP contribution in [-0.4, -0.2) is 11.8 Å². The molecule has 0 fully saturated rings. The second-order valence-corrected chi connectivity index (χ2v) is 6.14. The maximum absolute atomic E-state index is 13.5. The highest BCUT2D eigenvalue weighted by molar-refractivity contribution is 9.10. The minimum Gasteiger partial charge on any atom is -0.321 e. The second-order valence-electron chi connectivity index (χ2n) is 5.22. The van der Waals surface area contributed by atoms with Crippen molar-refractivity contribution in [1.82, 2.24) is 0 Å². The number of hydrogen-bond acceptors (Lipinski definition) is 2. The van der Waals surface area contributed by atoms with E-state index in [9.17, 15) is 9.18 Å². The molecule has 0 radical (unpaired) electrons. The fourth-order valence-electron chi connectivity index (χ4n) is 1.46. The lowest BCUT2D eigenvalue weighted by Crippen LogP contribution is -2.43. The molecule has 2 nitrogen and oxygen atoms in total. The van der Waals surface area contributed by atoms with E-state index < -0.39 is 6.04 Å². The Hall–Kier alpha value is -0.740. The lowest BCUT2D eigenvalue weighted by Gasteiger charge is -2.25. The zero-order valence-electron chi connectivity index (χ0n) is 10.3. The Bertz CT molecular complexity index is 426. The Morgan fingerprint density at radius 1 is 1.47 bits per heavy atom. The van der Waals surface area contributed by atoms with Crippen LogP contribution in [0.25, 0.3) is 0 Å². The first-order valence-corrected chi connectivity index (χ1v) is 6.23. The van der Waals surface area contributed by atoms with Crippen molar-refractivity contribution in [1.29, 1.82) is 0 Å². The van der Waals surface area contributed by atoms with E-state index in [-0.39, 0.29) is 23.4 Å². The van der Waals surface area contributed by atoms with Gasteiger partial charge in [0.15, 0.2) is 5.78 Å². The van der Waals surface area contributed by atoms with Gasteiger partial charge in [-0.2, -0.15) is 0 Å². The van der Waals surface area contributed by atoms with E-state index in [0.717, 1.165) is 4.47 Å². The summed E-state index contributed by atoms with van der Waals surface area (Å²) < 4.78 is 14.2. The molecule has 0 aliphatic rings. The summed E-state index contributed by atoms with van der Waals surface area (Å²) in [5.41, 5.74) is 5.92. The Morgan fingerprint density at radius 2 is 2.06 bits per heavy atom. The molecular weight excluding hydrogens is 285 g/mol. The lowest BCUT2D eigenvalue weighted by atomic mass is 9.83. The van der Waals surface area contributed by atoms with E-state index in [2.05, 4.69) is 15.9 Å². The van der Waals surface area contributed by atoms with Gasteiger partial charge in [0.05, 0.1) is 6.04 Å². The number of carbonyl (C=O) groups is 1. The SMILES string of the molecule is CC(C)(C)C(N)C(=O)Cc1cc(Br)ccc1F. The number of carbonyl (C=O) groups excluding carboxylic acids is 1. The summed E-state index contributed by atoms with van der Waals surface area (Å²) in [5, 5.41) is 0. The predicted molar refractivity (Wildman–Crippen MR) is 70.2 cm³/mol. The second kappa shape index (κ2) is 5.27. The molecule has 17 heavy (non-hydrogen) atoms. The van der Waals surface area contributed by atoms with Crippen LogP contribution in [0.1, 0.15) is 26.3 Å². The monoisotopic (exact) mass is 301 g/mol. The van der Waals surface area contributed by atoms with E-state index in [0.29, 0.717) is 5.56 Å². The lowest BCUT2D eigenvalue weighted by molar-refractivity contribution is -0.121. The summed E-state index contributed by atoms with van der Waals surface area (Å²) in [7, 11) is 0. The van der Waals surface area contributed by atoms with Crippen molar-refractivity contribution in [3.05, 3.63) is 34.1 Å². The normalized spacial score (nSPS) is 13.5. The quantitative estimate of drug-likeness (QED) is 0.932. The molecule has 1 rings (SSSR count). The maximum atomic E-state index is 13.5. The summed E-state index contributed by atoms with van der Waals surface area (Å²) in [5.74, 6) is -0.517. The molecule has 0 spiro atoms. The van der Waals surface area contributed by atoms with Gasteiger partial charge in [-0.05, 0) is 29.2 Å². The molecule has 1 aromatic carbocycles. The van der Waals surface area contributed by atoms with Crippen LogP contribution in [0.15, 0.2) is 22.7 Å². The van der Waals surface area contributed by atoms with Crippen molar-refractivity contribution < 1.29 is 9.18 Å². The van der Waals surface area contributed by atoms with E-state index >= 15 is 0 Å². The zero-order valence-corrected chi connectivity index (χ0v) is 11.8. The Morgan fingerprint density at radius 3 is 2.59 bits per heavy atom. The van der Waals surface area contributed by atoms with Gasteiger partial charge in [-0.15, -0.1) is 0 Å². The van der Waals surface area contributed by atoms with Crippen LogP contribution in [-0.2, 0) is 11.2 Å². The number of Topliss-reactive ketones (excluding diaryl/α,β-unsaturated/α-hetero) is 1. The van der Waals surface area contributed by atoms with Gasteiger partial charge >= 0.3 is 0 Å². The van der Waals surface area contributed by atoms with Crippen molar-refractivity contribution in [3.63, 3.8) is 0 Å². The van der Waals surface area contributed by atoms with Crippen LogP contribution >= 0.6 is 15.9 Å². The first-order valence-electron chi connectivity index (χ1n) is 5.44. The van der Waals surface area contributed by atoms with Gasteiger partial charge in [-0.25, -0.2) is 4.39 Å². The summed E-state index contributed by atoms with van der Waals surface area (Å²) in [6, 6.07) is 3.98. The third-order valence-corrected chi connectivity index (χ3v) is 3.15. The molecule has 0 aliphatic heterocycles. The fraction of sp³-hybridized carbons (Fsp3) is 0.462. The summed E-state index contributed by atoms with van der Waals surface area (Å²) in [6.07, 6.45) is 0.0315. The van der Waals surface area contributed by atoms with Crippen LogP contribution in [0.2, 0.25) is 0 Å². The van der Waals surface area contributed by atoms with Crippen LogP contribution < -0.4 is 5.73 Å². The Labute approximate surface area is 110 Å². The van der Waals surface area contributed by atoms with Crippen molar-refractivity contribution in [2.45, 2.75) is 33.2 Å². The number of ketones is 1. The van der Waals surface area contributed by atoms with Crippen LogP contribution in [0.4, 0.5) is 4.39 Å². The van der Waals surface area contributed by atoms with Crippen molar-refractivity contribution in [2.24, 2.45) is 11.1 Å². The molecule has 4 heteroatoms. The molecule has 1 unspecified atom stereocenters. The van der Waals surface area contributed by atoms with E-state index in [1.165, 1.54) is 6.07 Å². The largest absolute Gasteiger partial charge is 0.321 e. The molecule has 2 N–H and O–H groups in total. The number of hydrogen-bond donors (Lipinski definition) is 1. The van der Waals surface area contributed by atoms with E-state index in [1.54, 1.807) is 12.1 Å². The molecule has 94 valence electrons. The molecular formula is C13H17BrFNO. The number of halogens is 2. The van der Waals surface area contributed by atoms with Crippen molar-refractivity contribution in [3.8, 4) is 0 Å². The summed E-state index contributed by atoms with van der Waals surface area (Å²) >= 11 is 3.25. The van der Waals surface area contributed by atoms with Gasteiger partial charge in [0.25, 0.3) is 0 Å². The molecule has 0 aliphatic carbocycles. The van der Waals surface area contributed by atoms with Gasteiger partial charge < -0.3 is 5.73 Å². The minimum atomic E-state index is -0.583. The molecule has 0 bridgehead atoms. The molecule has 0 saturated carbocycles. The molecule has 1 aromatic rings. The average molecular weight is 302 g/mol. The standard InChI is InChI=1S/C13H17BrFNO/c1-13(2,3)12(16)11(17)7-8-6-9(14)4-5-10(8)15/h4-6,12H,7,16H2,1-3H3. The first-order chi connectivity index (χ1) is 7.71. The number of nitrogens with two attached hydrogens (primary N) is 1. The first kappa shape index (κ1) is 14.3. The third-order valence-electron chi connectivity index (χ3n) is 2.65. The average Bonchev–Trinajstić information content (AvgIpc) is 2.21. The van der Waals surface area contributed by atoms with Gasteiger partial charge in [-0.3, -0.25) is 4.79 Å². The highest BCUT2D eigenvalue weighted by Crippen LogP contribution is 2.21. The van der Waals surface area contributed by atoms with Crippen molar-refractivity contribution >= 4 is 21.7 Å². The highest BCUT2D eigenvalue weighted by atomic mass is 79.9. The zero-order chi connectivity index (χ0) is 13.2. The number of rotatable bonds is 3. The number of benzene rings is 1. The fourth-order valence-corrected chi connectivity index (χ4v) is 1.87. The predicted octanol–water partition coefficient (Wildman–Crippen LogP) is 3.07. The minimum absolute atomic E-state index is 0.0315. The maximum Gasteiger partial charge on any atom is 0.154 e. The third kappa shape index (κ3) is 3.89. The topological polar surface area (TPSA) is 43.1 Å². The van der Waals surface area contributed by atoms with Crippen molar-refractivity contribution in [2.75, 3.05) is 0 Å². The Kier molecular flexibility index (Phi) is 4.44. The van der Waals surface area contributed by atoms with Gasteiger partial charge in [0.1, 0.15) is 5.82 Å². The van der Waals surface area contributed by atoms with Crippen LogP contribution in [0, 0.1) is 11.2 Å². The van der Waals surface area contributed by atoms with Crippen LogP contribution in [0.3, 0.4) is 0 Å². The summed E-state index contributed by atoms with van der Waals surface area (Å²) in [6.45, 7) is 5.69. The summed E-state index contributed by atoms with van der Waals surface area (Å²) in [4.78, 5) is 11.9.